The van der Waals surface area contributed by atoms with Gasteiger partial charge in [-0.1, -0.05) is 26.0 Å². The van der Waals surface area contributed by atoms with Crippen molar-refractivity contribution in [3.05, 3.63) is 53.6 Å². The molecule has 0 bridgehead atoms. The third kappa shape index (κ3) is 6.11. The van der Waals surface area contributed by atoms with Crippen molar-refractivity contribution in [3.63, 3.8) is 0 Å². The first-order valence-electron chi connectivity index (χ1n) is 10.5. The number of carbonyl (C=O) groups excluding carboxylic acids is 1. The van der Waals surface area contributed by atoms with Crippen LogP contribution >= 0.6 is 0 Å². The van der Waals surface area contributed by atoms with E-state index in [1.807, 2.05) is 13.0 Å². The zero-order valence-electron chi connectivity index (χ0n) is 19.9. The number of rotatable bonds is 10. The second-order valence-electron chi connectivity index (χ2n) is 7.75. The standard InChI is InChI=1S/C22H32N4O5S2/c1-7-25(8-2)32(28,29)20-13-11-19(12-14-20)23-22(27)16-26(33(30,31)24(5)6)21-15-17(3)9-10-18(21)4/h9-15H,7-8,16H2,1-6H3,(H,23,27). The van der Waals surface area contributed by atoms with Crippen LogP contribution in [0.3, 0.4) is 0 Å². The minimum Gasteiger partial charge on any atom is -0.325 e. The first-order valence-corrected chi connectivity index (χ1v) is 13.4. The van der Waals surface area contributed by atoms with E-state index in [1.54, 1.807) is 32.9 Å². The van der Waals surface area contributed by atoms with E-state index >= 15 is 0 Å². The Morgan fingerprint density at radius 2 is 1.48 bits per heavy atom. The summed E-state index contributed by atoms with van der Waals surface area (Å²) in [5, 5.41) is 2.65. The molecule has 33 heavy (non-hydrogen) atoms. The van der Waals surface area contributed by atoms with Crippen LogP contribution in [0.5, 0.6) is 0 Å². The highest BCUT2D eigenvalue weighted by Gasteiger charge is 2.28. The molecule has 0 saturated carbocycles. The molecule has 0 aromatic heterocycles. The van der Waals surface area contributed by atoms with Gasteiger partial charge < -0.3 is 5.32 Å². The summed E-state index contributed by atoms with van der Waals surface area (Å²) in [4.78, 5) is 12.9. The zero-order valence-corrected chi connectivity index (χ0v) is 21.5. The highest BCUT2D eigenvalue weighted by molar-refractivity contribution is 7.90. The number of aryl methyl sites for hydroxylation is 2. The lowest BCUT2D eigenvalue weighted by molar-refractivity contribution is -0.114. The van der Waals surface area contributed by atoms with Gasteiger partial charge in [-0.2, -0.15) is 17.0 Å². The van der Waals surface area contributed by atoms with Crippen molar-refractivity contribution in [1.82, 2.24) is 8.61 Å². The Balaban J connectivity index is 2.28. The lowest BCUT2D eigenvalue weighted by Crippen LogP contribution is -2.44. The molecule has 1 amide bonds. The lowest BCUT2D eigenvalue weighted by atomic mass is 10.1. The molecule has 0 aliphatic heterocycles. The van der Waals surface area contributed by atoms with Crippen molar-refractivity contribution >= 4 is 37.5 Å². The molecule has 0 aliphatic carbocycles. The second-order valence-corrected chi connectivity index (χ2v) is 11.8. The van der Waals surface area contributed by atoms with Crippen LogP contribution in [0.1, 0.15) is 25.0 Å². The molecule has 0 spiro atoms. The Hall–Kier alpha value is -2.47. The van der Waals surface area contributed by atoms with Crippen LogP contribution in [0.2, 0.25) is 0 Å². The SMILES string of the molecule is CCN(CC)S(=O)(=O)c1ccc(NC(=O)CN(c2cc(C)ccc2C)S(=O)(=O)N(C)C)cc1. The van der Waals surface area contributed by atoms with Gasteiger partial charge >= 0.3 is 10.2 Å². The fourth-order valence-electron chi connectivity index (χ4n) is 3.23. The first-order chi connectivity index (χ1) is 15.3. The third-order valence-corrected chi connectivity index (χ3v) is 9.01. The molecule has 182 valence electrons. The van der Waals surface area contributed by atoms with Crippen LogP contribution < -0.4 is 9.62 Å². The average molecular weight is 497 g/mol. The zero-order chi connectivity index (χ0) is 25.0. The fourth-order valence-corrected chi connectivity index (χ4v) is 5.81. The number of hydrogen-bond acceptors (Lipinski definition) is 5. The Labute approximate surface area is 197 Å². The maximum absolute atomic E-state index is 13.0. The van der Waals surface area contributed by atoms with Gasteiger partial charge in [0, 0.05) is 32.9 Å². The van der Waals surface area contributed by atoms with Gasteiger partial charge in [0.15, 0.2) is 0 Å². The lowest BCUT2D eigenvalue weighted by Gasteiger charge is -2.28. The van der Waals surface area contributed by atoms with Crippen LogP contribution in [0.4, 0.5) is 11.4 Å². The Morgan fingerprint density at radius 3 is 2.00 bits per heavy atom. The fraction of sp³-hybridized carbons (Fsp3) is 0.409. The highest BCUT2D eigenvalue weighted by atomic mass is 32.2. The number of carbonyl (C=O) groups is 1. The number of anilines is 2. The van der Waals surface area contributed by atoms with Gasteiger partial charge in [-0.25, -0.2) is 12.7 Å². The molecule has 0 aliphatic rings. The predicted octanol–water partition coefficient (Wildman–Crippen LogP) is 2.59. The maximum atomic E-state index is 13.0. The van der Waals surface area contributed by atoms with Crippen molar-refractivity contribution < 1.29 is 21.6 Å². The summed E-state index contributed by atoms with van der Waals surface area (Å²) in [6, 6.07) is 11.2. The van der Waals surface area contributed by atoms with E-state index in [-0.39, 0.29) is 4.90 Å². The predicted molar refractivity (Wildman–Crippen MR) is 131 cm³/mol. The molecule has 0 heterocycles. The van der Waals surface area contributed by atoms with Gasteiger partial charge in [-0.05, 0) is 55.3 Å². The van der Waals surface area contributed by atoms with E-state index in [9.17, 15) is 21.6 Å². The highest BCUT2D eigenvalue weighted by Crippen LogP contribution is 2.25. The molecular weight excluding hydrogens is 464 g/mol. The summed E-state index contributed by atoms with van der Waals surface area (Å²) in [5.41, 5.74) is 2.35. The normalized spacial score (nSPS) is 12.2. The van der Waals surface area contributed by atoms with E-state index in [2.05, 4.69) is 5.32 Å². The quantitative estimate of drug-likeness (QED) is 0.544. The average Bonchev–Trinajstić information content (AvgIpc) is 2.74. The number of nitrogens with one attached hydrogen (secondary N) is 1. The molecule has 11 heteroatoms. The number of sulfonamides is 1. The van der Waals surface area contributed by atoms with Crippen LogP contribution in [-0.4, -0.2) is 65.1 Å². The summed E-state index contributed by atoms with van der Waals surface area (Å²) in [5.74, 6) is -0.555. The summed E-state index contributed by atoms with van der Waals surface area (Å²) < 4.78 is 54.6. The van der Waals surface area contributed by atoms with E-state index in [1.165, 1.54) is 42.7 Å². The minimum absolute atomic E-state index is 0.122. The van der Waals surface area contributed by atoms with E-state index in [0.717, 1.165) is 14.2 Å². The van der Waals surface area contributed by atoms with Crippen molar-refractivity contribution in [1.29, 1.82) is 0 Å². The molecule has 2 aromatic rings. The molecule has 0 atom stereocenters. The minimum atomic E-state index is -3.94. The van der Waals surface area contributed by atoms with Crippen molar-refractivity contribution in [3.8, 4) is 0 Å². The Bertz CT molecular complexity index is 1190. The molecule has 1 N–H and O–H groups in total. The molecule has 0 saturated heterocycles. The molecule has 0 unspecified atom stereocenters. The molecule has 2 rings (SSSR count). The molecule has 9 nitrogen and oxygen atoms in total. The van der Waals surface area contributed by atoms with Crippen molar-refractivity contribution in [2.75, 3.05) is 43.4 Å². The van der Waals surface area contributed by atoms with Crippen LogP contribution in [0, 0.1) is 13.8 Å². The Morgan fingerprint density at radius 1 is 0.909 bits per heavy atom. The largest absolute Gasteiger partial charge is 0.325 e. The van der Waals surface area contributed by atoms with Crippen molar-refractivity contribution in [2.45, 2.75) is 32.6 Å². The first kappa shape index (κ1) is 26.8. The second kappa shape index (κ2) is 10.6. The van der Waals surface area contributed by atoms with Gasteiger partial charge in [-0.3, -0.25) is 4.79 Å². The van der Waals surface area contributed by atoms with E-state index in [4.69, 9.17) is 0 Å². The maximum Gasteiger partial charge on any atom is 0.304 e. The summed E-state index contributed by atoms with van der Waals surface area (Å²) >= 11 is 0. The van der Waals surface area contributed by atoms with E-state index in [0.29, 0.717) is 30.0 Å². The monoisotopic (exact) mass is 496 g/mol. The van der Waals surface area contributed by atoms with Crippen LogP contribution in [-0.2, 0) is 25.0 Å². The Kier molecular flexibility index (Phi) is 8.63. The molecule has 0 radical (unpaired) electrons. The van der Waals surface area contributed by atoms with Gasteiger partial charge in [0.2, 0.25) is 15.9 Å². The van der Waals surface area contributed by atoms with E-state index < -0.39 is 32.7 Å². The summed E-state index contributed by atoms with van der Waals surface area (Å²) in [6.07, 6.45) is 0. The number of hydrogen-bond donors (Lipinski definition) is 1. The topological polar surface area (TPSA) is 107 Å². The molecule has 0 fully saturated rings. The number of benzene rings is 2. The number of amides is 1. The third-order valence-electron chi connectivity index (χ3n) is 5.14. The summed E-state index contributed by atoms with van der Waals surface area (Å²) in [7, 11) is -4.74. The van der Waals surface area contributed by atoms with Gasteiger partial charge in [-0.15, -0.1) is 0 Å². The molecular formula is C22H32N4O5S2. The van der Waals surface area contributed by atoms with Crippen LogP contribution in [0.25, 0.3) is 0 Å². The van der Waals surface area contributed by atoms with Crippen molar-refractivity contribution in [2.24, 2.45) is 0 Å². The smallest absolute Gasteiger partial charge is 0.304 e. The van der Waals surface area contributed by atoms with Gasteiger partial charge in [0.05, 0.1) is 10.6 Å². The summed E-state index contributed by atoms with van der Waals surface area (Å²) in [6.45, 7) is 7.41. The van der Waals surface area contributed by atoms with Gasteiger partial charge in [0.25, 0.3) is 0 Å². The van der Waals surface area contributed by atoms with Gasteiger partial charge in [0.1, 0.15) is 6.54 Å². The van der Waals surface area contributed by atoms with Crippen LogP contribution in [0.15, 0.2) is 47.4 Å². The molecule has 2 aromatic carbocycles. The number of nitrogens with zero attached hydrogens (tertiary/aromatic N) is 3.